The number of halogens is 1. The molecular formula is C8H7BrN4S2. The average Bonchev–Trinajstić information content (AvgIpc) is 2.73. The molecule has 2 aromatic rings. The molecule has 2 heterocycles. The molecule has 0 fully saturated rings. The molecule has 0 aliphatic rings. The lowest BCUT2D eigenvalue weighted by atomic mass is 10.5. The van der Waals surface area contributed by atoms with Gasteiger partial charge in [0.05, 0.1) is 6.21 Å². The van der Waals surface area contributed by atoms with E-state index in [0.717, 1.165) is 15.2 Å². The predicted molar refractivity (Wildman–Crippen MR) is 67.2 cm³/mol. The highest BCUT2D eigenvalue weighted by molar-refractivity contribution is 9.10. The lowest BCUT2D eigenvalue weighted by molar-refractivity contribution is 0.821. The third-order valence-corrected chi connectivity index (χ3v) is 3.59. The van der Waals surface area contributed by atoms with Crippen molar-refractivity contribution in [2.75, 3.05) is 0 Å². The zero-order valence-electron chi connectivity index (χ0n) is 7.77. The Morgan fingerprint density at radius 2 is 2.53 bits per heavy atom. The van der Waals surface area contributed by atoms with E-state index in [-0.39, 0.29) is 0 Å². The van der Waals surface area contributed by atoms with Crippen LogP contribution in [0.3, 0.4) is 0 Å². The molecule has 0 spiro atoms. The highest BCUT2D eigenvalue weighted by atomic mass is 79.9. The summed E-state index contributed by atoms with van der Waals surface area (Å²) in [6.07, 6.45) is 1.76. The maximum atomic E-state index is 5.02. The smallest absolute Gasteiger partial charge is 0.216 e. The third kappa shape index (κ3) is 2.42. The van der Waals surface area contributed by atoms with Crippen molar-refractivity contribution in [2.24, 2.45) is 5.10 Å². The first-order valence-electron chi connectivity index (χ1n) is 4.09. The first-order valence-corrected chi connectivity index (χ1v) is 6.17. The van der Waals surface area contributed by atoms with E-state index in [9.17, 15) is 0 Å². The summed E-state index contributed by atoms with van der Waals surface area (Å²) in [5, 5.41) is 12.9. The van der Waals surface area contributed by atoms with Crippen LogP contribution in [0.5, 0.6) is 0 Å². The lowest BCUT2D eigenvalue weighted by Crippen LogP contribution is -1.92. The van der Waals surface area contributed by atoms with E-state index in [1.807, 2.05) is 18.4 Å². The molecule has 0 saturated heterocycles. The van der Waals surface area contributed by atoms with Crippen LogP contribution in [0.2, 0.25) is 0 Å². The summed E-state index contributed by atoms with van der Waals surface area (Å²) in [6, 6.07) is 1.99. The highest BCUT2D eigenvalue weighted by Crippen LogP contribution is 2.17. The minimum atomic E-state index is 0.499. The maximum absolute atomic E-state index is 5.02. The van der Waals surface area contributed by atoms with Gasteiger partial charge in [0.25, 0.3) is 0 Å². The molecule has 0 saturated carbocycles. The maximum Gasteiger partial charge on any atom is 0.216 e. The number of hydrogen-bond donors (Lipinski definition) is 1. The Kier molecular flexibility index (Phi) is 3.13. The monoisotopic (exact) mass is 302 g/mol. The zero-order chi connectivity index (χ0) is 10.8. The van der Waals surface area contributed by atoms with Crippen LogP contribution in [0.1, 0.15) is 10.7 Å². The fraction of sp³-hybridized carbons (Fsp3) is 0.125. The second kappa shape index (κ2) is 4.38. The van der Waals surface area contributed by atoms with Gasteiger partial charge in [-0.2, -0.15) is 14.9 Å². The van der Waals surface area contributed by atoms with E-state index in [0.29, 0.717) is 4.77 Å². The number of nitrogens with one attached hydrogen (secondary N) is 1. The number of aryl methyl sites for hydroxylation is 1. The third-order valence-electron chi connectivity index (χ3n) is 1.70. The van der Waals surface area contributed by atoms with Crippen molar-refractivity contribution < 1.29 is 0 Å². The Morgan fingerprint density at radius 3 is 3.07 bits per heavy atom. The second-order valence-electron chi connectivity index (χ2n) is 2.80. The van der Waals surface area contributed by atoms with Gasteiger partial charge in [-0.15, -0.1) is 11.3 Å². The number of hydrogen-bond acceptors (Lipinski definition) is 4. The van der Waals surface area contributed by atoms with E-state index >= 15 is 0 Å². The second-order valence-corrected chi connectivity index (χ2v) is 5.04. The van der Waals surface area contributed by atoms with Crippen molar-refractivity contribution in [3.05, 3.63) is 31.4 Å². The van der Waals surface area contributed by atoms with E-state index in [4.69, 9.17) is 12.2 Å². The summed E-state index contributed by atoms with van der Waals surface area (Å²) < 4.78 is 3.14. The van der Waals surface area contributed by atoms with Gasteiger partial charge in [-0.3, -0.25) is 5.10 Å². The molecule has 0 amide bonds. The lowest BCUT2D eigenvalue weighted by Gasteiger charge is -1.91. The van der Waals surface area contributed by atoms with Crippen molar-refractivity contribution in [1.82, 2.24) is 14.9 Å². The average molecular weight is 303 g/mol. The van der Waals surface area contributed by atoms with Crippen LogP contribution in [0.15, 0.2) is 21.0 Å². The Morgan fingerprint density at radius 1 is 1.73 bits per heavy atom. The van der Waals surface area contributed by atoms with Crippen molar-refractivity contribution in [2.45, 2.75) is 6.92 Å². The van der Waals surface area contributed by atoms with Gasteiger partial charge in [-0.05, 0) is 41.1 Å². The SMILES string of the molecule is Cc1n[nH]c(=S)n1/N=C/c1cc(Br)cs1. The van der Waals surface area contributed by atoms with Crippen molar-refractivity contribution in [1.29, 1.82) is 0 Å². The van der Waals surface area contributed by atoms with Gasteiger partial charge in [-0.1, -0.05) is 0 Å². The topological polar surface area (TPSA) is 46.0 Å². The fourth-order valence-corrected chi connectivity index (χ4v) is 2.54. The first-order chi connectivity index (χ1) is 7.16. The molecule has 78 valence electrons. The standard InChI is InChI=1S/C8H7BrN4S2/c1-5-11-12-8(14)13(5)10-3-7-2-6(9)4-15-7/h2-4H,1H3,(H,12,14)/b10-3+. The van der Waals surface area contributed by atoms with Gasteiger partial charge >= 0.3 is 0 Å². The molecule has 0 aliphatic carbocycles. The van der Waals surface area contributed by atoms with Crippen molar-refractivity contribution in [3.63, 3.8) is 0 Å². The molecule has 15 heavy (non-hydrogen) atoms. The quantitative estimate of drug-likeness (QED) is 0.685. The van der Waals surface area contributed by atoms with E-state index in [1.54, 1.807) is 22.2 Å². The number of rotatable bonds is 2. The molecule has 0 bridgehead atoms. The molecule has 0 aromatic carbocycles. The van der Waals surface area contributed by atoms with Gasteiger partial charge in [0, 0.05) is 14.7 Å². The van der Waals surface area contributed by atoms with Crippen molar-refractivity contribution in [3.8, 4) is 0 Å². The van der Waals surface area contributed by atoms with Crippen LogP contribution >= 0.6 is 39.5 Å². The molecule has 0 atom stereocenters. The van der Waals surface area contributed by atoms with E-state index in [1.165, 1.54) is 0 Å². The molecule has 1 N–H and O–H groups in total. The van der Waals surface area contributed by atoms with Gasteiger partial charge in [0.15, 0.2) is 0 Å². The zero-order valence-corrected chi connectivity index (χ0v) is 11.0. The van der Waals surface area contributed by atoms with E-state index < -0.39 is 0 Å². The van der Waals surface area contributed by atoms with Crippen molar-refractivity contribution >= 4 is 45.7 Å². The summed E-state index contributed by atoms with van der Waals surface area (Å²) in [6.45, 7) is 1.84. The highest BCUT2D eigenvalue weighted by Gasteiger charge is 1.98. The fourth-order valence-electron chi connectivity index (χ4n) is 1.02. The van der Waals surface area contributed by atoms with Crippen LogP contribution in [-0.4, -0.2) is 21.1 Å². The summed E-state index contributed by atoms with van der Waals surface area (Å²) in [5.74, 6) is 0.742. The van der Waals surface area contributed by atoms with Gasteiger partial charge in [0.1, 0.15) is 5.82 Å². The van der Waals surface area contributed by atoms with Gasteiger partial charge in [-0.25, -0.2) is 0 Å². The van der Waals surface area contributed by atoms with Gasteiger partial charge in [0.2, 0.25) is 4.77 Å². The number of thiophene rings is 1. The molecule has 0 unspecified atom stereocenters. The molecular weight excluding hydrogens is 296 g/mol. The Bertz CT molecular complexity index is 551. The summed E-state index contributed by atoms with van der Waals surface area (Å²) in [4.78, 5) is 1.06. The van der Waals surface area contributed by atoms with Gasteiger partial charge < -0.3 is 0 Å². The number of nitrogens with zero attached hydrogens (tertiary/aromatic N) is 3. The van der Waals surface area contributed by atoms with Crippen LogP contribution in [0.4, 0.5) is 0 Å². The van der Waals surface area contributed by atoms with E-state index in [2.05, 4.69) is 31.2 Å². The Hall–Kier alpha value is -0.790. The summed E-state index contributed by atoms with van der Waals surface area (Å²) >= 11 is 10.0. The first kappa shape index (κ1) is 10.7. The van der Waals surface area contributed by atoms with Crippen LogP contribution in [0, 0.1) is 11.7 Å². The molecule has 0 radical (unpaired) electrons. The normalized spacial score (nSPS) is 11.3. The Balaban J connectivity index is 2.29. The van der Waals surface area contributed by atoms with Crippen LogP contribution < -0.4 is 0 Å². The number of aromatic nitrogens is 3. The minimum absolute atomic E-state index is 0.499. The molecule has 2 aromatic heterocycles. The summed E-state index contributed by atoms with van der Waals surface area (Å²) in [7, 11) is 0. The number of H-pyrrole nitrogens is 1. The largest absolute Gasteiger partial charge is 0.250 e. The minimum Gasteiger partial charge on any atom is -0.250 e. The number of aromatic amines is 1. The molecule has 2 rings (SSSR count). The molecule has 0 aliphatic heterocycles. The predicted octanol–water partition coefficient (Wildman–Crippen LogP) is 2.96. The molecule has 4 nitrogen and oxygen atoms in total. The van der Waals surface area contributed by atoms with Crippen LogP contribution in [-0.2, 0) is 0 Å². The molecule has 7 heteroatoms. The Labute approximate surface area is 104 Å². The van der Waals surface area contributed by atoms with Crippen LogP contribution in [0.25, 0.3) is 0 Å². The summed E-state index contributed by atoms with van der Waals surface area (Å²) in [5.41, 5.74) is 0.